The van der Waals surface area contributed by atoms with Crippen molar-refractivity contribution in [2.45, 2.75) is 64.0 Å². The summed E-state index contributed by atoms with van der Waals surface area (Å²) in [6.45, 7) is 4.48. The molecule has 16 heavy (non-hydrogen) atoms. The minimum Gasteiger partial charge on any atom is -0.327 e. The molecule has 2 rings (SSSR count). The smallest absolute Gasteiger partial charge is 0.0953 e. The number of imidazole rings is 1. The summed E-state index contributed by atoms with van der Waals surface area (Å²) < 4.78 is 2.33. The number of hydrogen-bond donors (Lipinski definition) is 1. The van der Waals surface area contributed by atoms with Crippen molar-refractivity contribution < 1.29 is 0 Å². The Kier molecular flexibility index (Phi) is 3.33. The van der Waals surface area contributed by atoms with Gasteiger partial charge in [-0.3, -0.25) is 0 Å². The van der Waals surface area contributed by atoms with E-state index in [1.54, 1.807) is 0 Å². The third-order valence-corrected chi connectivity index (χ3v) is 4.00. The fourth-order valence-electron chi connectivity index (χ4n) is 2.79. The van der Waals surface area contributed by atoms with Crippen molar-refractivity contribution in [3.63, 3.8) is 0 Å². The fourth-order valence-corrected chi connectivity index (χ4v) is 2.79. The first-order valence-corrected chi connectivity index (χ1v) is 6.45. The molecular weight excluding hydrogens is 198 g/mol. The van der Waals surface area contributed by atoms with Crippen LogP contribution in [0.15, 0.2) is 12.5 Å². The van der Waals surface area contributed by atoms with Crippen LogP contribution in [0.5, 0.6) is 0 Å². The highest BCUT2D eigenvalue weighted by Gasteiger charge is 2.30. The lowest BCUT2D eigenvalue weighted by atomic mass is 9.83. The van der Waals surface area contributed by atoms with Crippen molar-refractivity contribution in [1.82, 2.24) is 9.55 Å². The molecule has 1 fully saturated rings. The van der Waals surface area contributed by atoms with Crippen LogP contribution in [0.1, 0.15) is 64.1 Å². The number of hydrogen-bond acceptors (Lipinski definition) is 2. The van der Waals surface area contributed by atoms with E-state index >= 15 is 0 Å². The van der Waals surface area contributed by atoms with Gasteiger partial charge < -0.3 is 10.3 Å². The Hall–Kier alpha value is -0.830. The predicted molar refractivity (Wildman–Crippen MR) is 66.2 cm³/mol. The summed E-state index contributed by atoms with van der Waals surface area (Å²) >= 11 is 0. The van der Waals surface area contributed by atoms with Crippen molar-refractivity contribution in [2.24, 2.45) is 5.73 Å². The van der Waals surface area contributed by atoms with Crippen LogP contribution in [0.2, 0.25) is 0 Å². The van der Waals surface area contributed by atoms with Crippen LogP contribution in [0.25, 0.3) is 0 Å². The molecule has 1 aromatic heterocycles. The van der Waals surface area contributed by atoms with E-state index in [1.165, 1.54) is 37.8 Å². The van der Waals surface area contributed by atoms with E-state index < -0.39 is 0 Å². The first-order chi connectivity index (χ1) is 7.67. The molecule has 0 amide bonds. The second-order valence-corrected chi connectivity index (χ2v) is 5.26. The molecule has 2 N–H and O–H groups in total. The van der Waals surface area contributed by atoms with Gasteiger partial charge in [0.25, 0.3) is 0 Å². The maximum absolute atomic E-state index is 6.14. The monoisotopic (exact) mass is 221 g/mol. The average Bonchev–Trinajstić information content (AvgIpc) is 2.78. The van der Waals surface area contributed by atoms with Gasteiger partial charge in [0.2, 0.25) is 0 Å². The molecule has 1 aromatic rings. The van der Waals surface area contributed by atoms with E-state index in [9.17, 15) is 0 Å². The highest BCUT2D eigenvalue weighted by molar-refractivity contribution is 5.08. The van der Waals surface area contributed by atoms with Gasteiger partial charge in [-0.15, -0.1) is 0 Å². The van der Waals surface area contributed by atoms with Gasteiger partial charge in [0.1, 0.15) is 0 Å². The molecule has 1 aliphatic carbocycles. The molecule has 1 saturated carbocycles. The molecule has 3 nitrogen and oxygen atoms in total. The molecule has 0 saturated heterocycles. The molecule has 0 aliphatic heterocycles. The van der Waals surface area contributed by atoms with Crippen LogP contribution < -0.4 is 5.73 Å². The topological polar surface area (TPSA) is 43.8 Å². The van der Waals surface area contributed by atoms with Crippen molar-refractivity contribution in [2.75, 3.05) is 0 Å². The van der Waals surface area contributed by atoms with E-state index in [-0.39, 0.29) is 11.6 Å². The quantitative estimate of drug-likeness (QED) is 0.852. The number of nitrogens with two attached hydrogens (primary N) is 1. The number of rotatable bonds is 3. The molecule has 1 heterocycles. The van der Waals surface area contributed by atoms with Crippen LogP contribution in [-0.4, -0.2) is 9.55 Å². The van der Waals surface area contributed by atoms with Gasteiger partial charge in [-0.25, -0.2) is 4.98 Å². The zero-order chi connectivity index (χ0) is 11.6. The van der Waals surface area contributed by atoms with Crippen LogP contribution in [0, 0.1) is 0 Å². The van der Waals surface area contributed by atoms with Gasteiger partial charge in [-0.2, -0.15) is 0 Å². The lowest BCUT2D eigenvalue weighted by molar-refractivity contribution is 0.210. The summed E-state index contributed by atoms with van der Waals surface area (Å²) in [5, 5.41) is 0. The summed E-state index contributed by atoms with van der Waals surface area (Å²) in [5.74, 6) is 0. The second kappa shape index (κ2) is 4.58. The minimum atomic E-state index is 0.126. The van der Waals surface area contributed by atoms with Crippen LogP contribution in [0.4, 0.5) is 0 Å². The molecule has 0 spiro atoms. The normalized spacial score (nSPS) is 21.9. The van der Waals surface area contributed by atoms with Crippen molar-refractivity contribution in [3.05, 3.63) is 18.2 Å². The van der Waals surface area contributed by atoms with Crippen LogP contribution in [0.3, 0.4) is 0 Å². The molecule has 0 bridgehead atoms. The first-order valence-electron chi connectivity index (χ1n) is 6.45. The Morgan fingerprint density at radius 1 is 1.44 bits per heavy atom. The average molecular weight is 221 g/mol. The van der Waals surface area contributed by atoms with Crippen LogP contribution >= 0.6 is 0 Å². The molecular formula is C13H23N3. The Bertz CT molecular complexity index is 337. The van der Waals surface area contributed by atoms with Crippen molar-refractivity contribution in [3.8, 4) is 0 Å². The third kappa shape index (κ3) is 2.01. The molecule has 90 valence electrons. The van der Waals surface area contributed by atoms with E-state index in [2.05, 4.69) is 23.4 Å². The highest BCUT2D eigenvalue weighted by Crippen LogP contribution is 2.36. The molecule has 3 heteroatoms. The van der Waals surface area contributed by atoms with Gasteiger partial charge in [-0.1, -0.05) is 26.2 Å². The molecule has 0 unspecified atom stereocenters. The zero-order valence-corrected chi connectivity index (χ0v) is 10.4. The highest BCUT2D eigenvalue weighted by atomic mass is 15.1. The maximum atomic E-state index is 6.14. The summed E-state index contributed by atoms with van der Waals surface area (Å²) in [7, 11) is 0. The predicted octanol–water partition coefficient (Wildman–Crippen LogP) is 2.97. The molecule has 1 aliphatic rings. The Labute approximate surface area is 98.1 Å². The standard InChI is InChI=1S/C13H23N3/c1-3-11(14)12-9-15-10-16(12)13(2)7-5-4-6-8-13/h9-11H,3-8,14H2,1-2H3/t11-/m1/s1. The van der Waals surface area contributed by atoms with Gasteiger partial charge in [0.05, 0.1) is 12.0 Å². The number of nitrogens with zero attached hydrogens (tertiary/aromatic N) is 2. The lowest BCUT2D eigenvalue weighted by Crippen LogP contribution is -2.34. The van der Waals surface area contributed by atoms with E-state index in [0.29, 0.717) is 0 Å². The van der Waals surface area contributed by atoms with E-state index in [4.69, 9.17) is 5.73 Å². The summed E-state index contributed by atoms with van der Waals surface area (Å²) in [5.41, 5.74) is 7.59. The second-order valence-electron chi connectivity index (χ2n) is 5.26. The van der Waals surface area contributed by atoms with Gasteiger partial charge in [-0.05, 0) is 26.2 Å². The molecule has 0 aromatic carbocycles. The van der Waals surface area contributed by atoms with Gasteiger partial charge in [0, 0.05) is 17.8 Å². The van der Waals surface area contributed by atoms with E-state index in [0.717, 1.165) is 6.42 Å². The first kappa shape index (κ1) is 11.6. The summed E-state index contributed by atoms with van der Waals surface area (Å²) in [6.07, 6.45) is 11.4. The zero-order valence-electron chi connectivity index (χ0n) is 10.4. The van der Waals surface area contributed by atoms with Crippen molar-refractivity contribution in [1.29, 1.82) is 0 Å². The lowest BCUT2D eigenvalue weighted by Gasteiger charge is -2.37. The van der Waals surface area contributed by atoms with Gasteiger partial charge >= 0.3 is 0 Å². The fraction of sp³-hybridized carbons (Fsp3) is 0.769. The third-order valence-electron chi connectivity index (χ3n) is 4.00. The Morgan fingerprint density at radius 2 is 2.12 bits per heavy atom. The summed E-state index contributed by atoms with van der Waals surface area (Å²) in [6, 6.07) is 0.126. The largest absolute Gasteiger partial charge is 0.327 e. The Morgan fingerprint density at radius 3 is 2.75 bits per heavy atom. The van der Waals surface area contributed by atoms with Crippen LogP contribution in [-0.2, 0) is 5.54 Å². The number of aromatic nitrogens is 2. The Balaban J connectivity index is 2.28. The van der Waals surface area contributed by atoms with E-state index in [1.807, 2.05) is 12.5 Å². The van der Waals surface area contributed by atoms with Gasteiger partial charge in [0.15, 0.2) is 0 Å². The summed E-state index contributed by atoms with van der Waals surface area (Å²) in [4.78, 5) is 4.29. The SMILES string of the molecule is CC[C@@H](N)c1cncn1C1(C)CCCCC1. The minimum absolute atomic E-state index is 0.126. The maximum Gasteiger partial charge on any atom is 0.0953 e. The molecule has 1 atom stereocenters. The van der Waals surface area contributed by atoms with Crippen molar-refractivity contribution >= 4 is 0 Å². The molecule has 0 radical (unpaired) electrons.